The van der Waals surface area contributed by atoms with E-state index in [1.807, 2.05) is 7.05 Å². The summed E-state index contributed by atoms with van der Waals surface area (Å²) in [6, 6.07) is 1.94. The van der Waals surface area contributed by atoms with Crippen molar-refractivity contribution in [2.75, 3.05) is 7.05 Å². The number of halogens is 1. The molecule has 1 N–H and O–H groups in total. The van der Waals surface area contributed by atoms with Gasteiger partial charge >= 0.3 is 0 Å². The number of carbonyl (C=O) groups is 1. The molecule has 20 heavy (non-hydrogen) atoms. The molecule has 1 saturated carbocycles. The SMILES string of the molecule is CN(C(=O)CC1CC2CCC(C1)N2)C1CCCCC1.Cl. The van der Waals surface area contributed by atoms with E-state index >= 15 is 0 Å². The molecule has 1 aliphatic carbocycles. The van der Waals surface area contributed by atoms with Gasteiger partial charge in [-0.05, 0) is 44.4 Å². The fourth-order valence-corrected chi connectivity index (χ4v) is 4.40. The summed E-state index contributed by atoms with van der Waals surface area (Å²) in [6.45, 7) is 0. The highest BCUT2D eigenvalue weighted by Crippen LogP contribution is 2.33. The van der Waals surface area contributed by atoms with Gasteiger partial charge in [0.15, 0.2) is 0 Å². The molecule has 4 heteroatoms. The molecule has 2 heterocycles. The topological polar surface area (TPSA) is 32.3 Å². The Labute approximate surface area is 129 Å². The van der Waals surface area contributed by atoms with E-state index in [9.17, 15) is 4.79 Å². The highest BCUT2D eigenvalue weighted by Gasteiger charge is 2.35. The lowest BCUT2D eigenvalue weighted by Gasteiger charge is -2.34. The zero-order valence-electron chi connectivity index (χ0n) is 12.6. The van der Waals surface area contributed by atoms with Crippen LogP contribution in [0.15, 0.2) is 0 Å². The van der Waals surface area contributed by atoms with Crippen molar-refractivity contribution in [3.8, 4) is 0 Å². The van der Waals surface area contributed by atoms with Gasteiger partial charge in [0.1, 0.15) is 0 Å². The van der Waals surface area contributed by atoms with Gasteiger partial charge < -0.3 is 10.2 Å². The minimum Gasteiger partial charge on any atom is -0.343 e. The fourth-order valence-electron chi connectivity index (χ4n) is 4.40. The number of hydrogen-bond donors (Lipinski definition) is 1. The first-order chi connectivity index (χ1) is 9.22. The van der Waals surface area contributed by atoms with Crippen LogP contribution in [0.4, 0.5) is 0 Å². The second-order valence-corrected chi connectivity index (χ2v) is 6.98. The highest BCUT2D eigenvalue weighted by molar-refractivity contribution is 5.85. The van der Waals surface area contributed by atoms with Crippen LogP contribution in [0.5, 0.6) is 0 Å². The summed E-state index contributed by atoms with van der Waals surface area (Å²) in [5.74, 6) is 1.04. The van der Waals surface area contributed by atoms with E-state index < -0.39 is 0 Å². The summed E-state index contributed by atoms with van der Waals surface area (Å²) in [5.41, 5.74) is 0. The largest absolute Gasteiger partial charge is 0.343 e. The van der Waals surface area contributed by atoms with E-state index in [4.69, 9.17) is 0 Å². The van der Waals surface area contributed by atoms with Gasteiger partial charge in [0.25, 0.3) is 0 Å². The van der Waals surface area contributed by atoms with Crippen LogP contribution in [-0.2, 0) is 4.79 Å². The Balaban J connectivity index is 0.00000147. The third-order valence-electron chi connectivity index (χ3n) is 5.55. The van der Waals surface area contributed by atoms with Crippen LogP contribution < -0.4 is 5.32 Å². The van der Waals surface area contributed by atoms with Crippen molar-refractivity contribution in [1.29, 1.82) is 0 Å². The summed E-state index contributed by atoms with van der Waals surface area (Å²) in [4.78, 5) is 14.5. The van der Waals surface area contributed by atoms with Gasteiger partial charge in [0.2, 0.25) is 5.91 Å². The third kappa shape index (κ3) is 3.67. The van der Waals surface area contributed by atoms with E-state index in [0.29, 0.717) is 30.0 Å². The average Bonchev–Trinajstić information content (AvgIpc) is 2.78. The Bertz CT molecular complexity index is 318. The molecule has 2 atom stereocenters. The molecule has 3 aliphatic rings. The monoisotopic (exact) mass is 300 g/mol. The van der Waals surface area contributed by atoms with Crippen molar-refractivity contribution in [3.05, 3.63) is 0 Å². The van der Waals surface area contributed by atoms with Crippen molar-refractivity contribution in [1.82, 2.24) is 10.2 Å². The van der Waals surface area contributed by atoms with E-state index in [1.54, 1.807) is 0 Å². The molecule has 2 aliphatic heterocycles. The van der Waals surface area contributed by atoms with Crippen LogP contribution >= 0.6 is 12.4 Å². The maximum absolute atomic E-state index is 12.4. The van der Waals surface area contributed by atoms with Gasteiger partial charge in [0, 0.05) is 31.6 Å². The first-order valence-electron chi connectivity index (χ1n) is 8.24. The van der Waals surface area contributed by atoms with Gasteiger partial charge in [-0.15, -0.1) is 12.4 Å². The smallest absolute Gasteiger partial charge is 0.222 e. The normalized spacial score (nSPS) is 33.5. The van der Waals surface area contributed by atoms with Gasteiger partial charge in [0.05, 0.1) is 0 Å². The Kier molecular flexibility index (Phi) is 5.74. The summed E-state index contributed by atoms with van der Waals surface area (Å²) in [6.07, 6.45) is 12.3. The number of fused-ring (bicyclic) bond motifs is 2. The first kappa shape index (κ1) is 16.1. The maximum atomic E-state index is 12.4. The standard InChI is InChI=1S/C16H28N2O.ClH/c1-18(15-5-3-2-4-6-15)16(19)11-12-9-13-7-8-14(10-12)17-13;/h12-15,17H,2-11H2,1H3;1H. The molecular formula is C16H29ClN2O. The van der Waals surface area contributed by atoms with Gasteiger partial charge in [-0.2, -0.15) is 0 Å². The van der Waals surface area contributed by atoms with Crippen LogP contribution in [-0.4, -0.2) is 36.0 Å². The van der Waals surface area contributed by atoms with E-state index in [-0.39, 0.29) is 12.4 Å². The van der Waals surface area contributed by atoms with E-state index in [2.05, 4.69) is 10.2 Å². The average molecular weight is 301 g/mol. The Hall–Kier alpha value is -0.280. The van der Waals surface area contributed by atoms with E-state index in [1.165, 1.54) is 57.8 Å². The second kappa shape index (κ2) is 7.13. The van der Waals surface area contributed by atoms with Crippen molar-refractivity contribution in [2.45, 2.75) is 82.3 Å². The zero-order valence-corrected chi connectivity index (χ0v) is 13.5. The summed E-state index contributed by atoms with van der Waals surface area (Å²) in [5, 5.41) is 3.66. The minimum absolute atomic E-state index is 0. The summed E-state index contributed by atoms with van der Waals surface area (Å²) < 4.78 is 0. The lowest BCUT2D eigenvalue weighted by Crippen LogP contribution is -2.42. The second-order valence-electron chi connectivity index (χ2n) is 6.98. The van der Waals surface area contributed by atoms with Crippen molar-refractivity contribution in [2.24, 2.45) is 5.92 Å². The van der Waals surface area contributed by atoms with Crippen LogP contribution in [0.2, 0.25) is 0 Å². The molecule has 2 bridgehead atoms. The number of carbonyl (C=O) groups excluding carboxylic acids is 1. The molecule has 116 valence electrons. The molecule has 2 unspecified atom stereocenters. The Morgan fingerprint density at radius 1 is 1.05 bits per heavy atom. The number of nitrogens with one attached hydrogen (secondary N) is 1. The summed E-state index contributed by atoms with van der Waals surface area (Å²) in [7, 11) is 2.04. The summed E-state index contributed by atoms with van der Waals surface area (Å²) >= 11 is 0. The molecule has 2 saturated heterocycles. The molecule has 0 aromatic heterocycles. The van der Waals surface area contributed by atoms with Gasteiger partial charge in [-0.25, -0.2) is 0 Å². The lowest BCUT2D eigenvalue weighted by atomic mass is 9.88. The van der Waals surface area contributed by atoms with Crippen LogP contribution in [0.25, 0.3) is 0 Å². The Morgan fingerprint density at radius 2 is 1.65 bits per heavy atom. The van der Waals surface area contributed by atoms with Crippen molar-refractivity contribution < 1.29 is 4.79 Å². The predicted octanol–water partition coefficient (Wildman–Crippen LogP) is 3.12. The molecule has 0 spiro atoms. The molecule has 3 rings (SSSR count). The quantitative estimate of drug-likeness (QED) is 0.868. The number of piperidine rings is 1. The number of nitrogens with zero attached hydrogens (tertiary/aromatic N) is 1. The minimum atomic E-state index is 0. The van der Waals surface area contributed by atoms with Gasteiger partial charge in [-0.3, -0.25) is 4.79 Å². The van der Waals surface area contributed by atoms with Gasteiger partial charge in [-0.1, -0.05) is 19.3 Å². The first-order valence-corrected chi connectivity index (χ1v) is 8.24. The van der Waals surface area contributed by atoms with Crippen LogP contribution in [0.1, 0.15) is 64.2 Å². The van der Waals surface area contributed by atoms with Crippen molar-refractivity contribution >= 4 is 18.3 Å². The molecule has 0 aromatic carbocycles. The van der Waals surface area contributed by atoms with E-state index in [0.717, 1.165) is 6.42 Å². The molecule has 3 fully saturated rings. The fraction of sp³-hybridized carbons (Fsp3) is 0.938. The molecule has 0 aromatic rings. The third-order valence-corrected chi connectivity index (χ3v) is 5.55. The van der Waals surface area contributed by atoms with Crippen LogP contribution in [0.3, 0.4) is 0 Å². The maximum Gasteiger partial charge on any atom is 0.222 e. The lowest BCUT2D eigenvalue weighted by molar-refractivity contribution is -0.133. The molecule has 3 nitrogen and oxygen atoms in total. The van der Waals surface area contributed by atoms with Crippen LogP contribution in [0, 0.1) is 5.92 Å². The highest BCUT2D eigenvalue weighted by atomic mass is 35.5. The zero-order chi connectivity index (χ0) is 13.2. The number of rotatable bonds is 3. The molecule has 1 amide bonds. The predicted molar refractivity (Wildman–Crippen MR) is 84.2 cm³/mol. The molecule has 0 radical (unpaired) electrons. The number of amides is 1. The van der Waals surface area contributed by atoms with Crippen molar-refractivity contribution in [3.63, 3.8) is 0 Å². The number of hydrogen-bond acceptors (Lipinski definition) is 2. The Morgan fingerprint density at radius 3 is 2.25 bits per heavy atom. The molecular weight excluding hydrogens is 272 g/mol.